The van der Waals surface area contributed by atoms with E-state index in [-0.39, 0.29) is 24.1 Å². The van der Waals surface area contributed by atoms with Crippen LogP contribution in [0.4, 0.5) is 10.6 Å². The Labute approximate surface area is 308 Å². The molecule has 0 aliphatic carbocycles. The summed E-state index contributed by atoms with van der Waals surface area (Å²) >= 11 is 0. The third-order valence-corrected chi connectivity index (χ3v) is 10.3. The Morgan fingerprint density at radius 3 is 2.26 bits per heavy atom. The average Bonchev–Trinajstić information content (AvgIpc) is 3.51. The summed E-state index contributed by atoms with van der Waals surface area (Å²) < 4.78 is 39.6. The molecule has 1 saturated heterocycles. The summed E-state index contributed by atoms with van der Waals surface area (Å²) in [6.45, 7) is 4.58. The van der Waals surface area contributed by atoms with Gasteiger partial charge >= 0.3 is 12.1 Å². The van der Waals surface area contributed by atoms with E-state index in [9.17, 15) is 27.9 Å². The Balaban J connectivity index is 1.16. The molecule has 1 amide bonds. The van der Waals surface area contributed by atoms with E-state index in [4.69, 9.17) is 14.3 Å². The maximum atomic E-state index is 13.1. The van der Waals surface area contributed by atoms with Crippen LogP contribution in [0.25, 0.3) is 11.1 Å². The van der Waals surface area contributed by atoms with Crippen molar-refractivity contribution < 1.29 is 42.2 Å². The van der Waals surface area contributed by atoms with Gasteiger partial charge in [0.15, 0.2) is 0 Å². The first-order valence-corrected chi connectivity index (χ1v) is 18.5. The molecule has 280 valence electrons. The standard InChI is InChI=1S/C38H43N5O9S/c1-25-16-26(2)36(27(3)17-25)53(48,49)42-33(37(45)46)21-41-35(44)24-50-32-18-31(43(22-32)52-38(47)51-23-28-10-6-4-7-11-28)20-40-34-15-14-30(19-39-34)29-12-8-5-9-13-29/h4-17,19,31-33,42H,18,20-24H2,1-3H3,(H,39,40)(H,41,44)(H,45,46). The maximum absolute atomic E-state index is 13.1. The van der Waals surface area contributed by atoms with Crippen molar-refractivity contribution in [2.45, 2.75) is 56.9 Å². The van der Waals surface area contributed by atoms with Gasteiger partial charge in [-0.1, -0.05) is 78.4 Å². The number of hydrogen-bond acceptors (Lipinski definition) is 11. The lowest BCUT2D eigenvalue weighted by atomic mass is 10.1. The number of hydroxylamine groups is 2. The van der Waals surface area contributed by atoms with Crippen molar-refractivity contribution >= 4 is 33.9 Å². The minimum Gasteiger partial charge on any atom is -0.480 e. The van der Waals surface area contributed by atoms with Crippen LogP contribution < -0.4 is 15.4 Å². The number of aliphatic carboxylic acids is 1. The fourth-order valence-electron chi connectivity index (χ4n) is 6.10. The van der Waals surface area contributed by atoms with Crippen LogP contribution in [0.15, 0.2) is 96.0 Å². The lowest BCUT2D eigenvalue weighted by Crippen LogP contribution is -2.49. The number of ether oxygens (including phenoxy) is 2. The summed E-state index contributed by atoms with van der Waals surface area (Å²) in [5.41, 5.74) is 4.60. The van der Waals surface area contributed by atoms with Gasteiger partial charge in [0.05, 0.1) is 23.6 Å². The number of pyridine rings is 1. The molecule has 3 unspecified atom stereocenters. The fraction of sp³-hybridized carbons (Fsp3) is 0.316. The molecule has 53 heavy (non-hydrogen) atoms. The Hall–Kier alpha value is -5.35. The number of hydrogen-bond donors (Lipinski definition) is 4. The third-order valence-electron chi connectivity index (χ3n) is 8.53. The number of rotatable bonds is 16. The fourth-order valence-corrected chi connectivity index (χ4v) is 7.74. The largest absolute Gasteiger partial charge is 0.528 e. The predicted octanol–water partition coefficient (Wildman–Crippen LogP) is 4.36. The van der Waals surface area contributed by atoms with Gasteiger partial charge in [-0.15, -0.1) is 5.06 Å². The Kier molecular flexibility index (Phi) is 13.1. The van der Waals surface area contributed by atoms with E-state index in [0.717, 1.165) is 22.3 Å². The third kappa shape index (κ3) is 11.1. The second kappa shape index (κ2) is 17.9. The molecule has 0 saturated carbocycles. The van der Waals surface area contributed by atoms with Crippen LogP contribution in [0.2, 0.25) is 0 Å². The van der Waals surface area contributed by atoms with Gasteiger partial charge in [0, 0.05) is 24.8 Å². The van der Waals surface area contributed by atoms with Crippen LogP contribution in [0.3, 0.4) is 0 Å². The zero-order chi connectivity index (χ0) is 38.0. The molecule has 4 N–H and O–H groups in total. The minimum absolute atomic E-state index is 0.00927. The van der Waals surface area contributed by atoms with E-state index in [1.165, 1.54) is 5.06 Å². The van der Waals surface area contributed by atoms with Crippen molar-refractivity contribution in [2.24, 2.45) is 0 Å². The predicted molar refractivity (Wildman–Crippen MR) is 196 cm³/mol. The molecule has 1 aromatic heterocycles. The van der Waals surface area contributed by atoms with E-state index < -0.39 is 53.4 Å². The van der Waals surface area contributed by atoms with Crippen molar-refractivity contribution in [1.29, 1.82) is 0 Å². The summed E-state index contributed by atoms with van der Waals surface area (Å²) in [6, 6.07) is 24.2. The van der Waals surface area contributed by atoms with Crippen molar-refractivity contribution in [3.05, 3.63) is 113 Å². The molecule has 1 aliphatic heterocycles. The van der Waals surface area contributed by atoms with E-state index in [1.807, 2.05) is 79.7 Å². The molecule has 4 aromatic rings. The number of benzene rings is 3. The maximum Gasteiger partial charge on any atom is 0.528 e. The second-order valence-corrected chi connectivity index (χ2v) is 14.4. The number of carboxylic acids is 1. The molecule has 15 heteroatoms. The zero-order valence-corrected chi connectivity index (χ0v) is 30.5. The number of aryl methyl sites for hydroxylation is 3. The molecule has 5 rings (SSSR count). The number of sulfonamides is 1. The topological polar surface area (TPSA) is 185 Å². The van der Waals surface area contributed by atoms with Gasteiger partial charge in [-0.05, 0) is 61.6 Å². The summed E-state index contributed by atoms with van der Waals surface area (Å²) in [6.07, 6.45) is 0.669. The monoisotopic (exact) mass is 745 g/mol. The zero-order valence-electron chi connectivity index (χ0n) is 29.7. The number of anilines is 1. The average molecular weight is 746 g/mol. The van der Waals surface area contributed by atoms with Crippen molar-refractivity contribution in [2.75, 3.05) is 31.6 Å². The van der Waals surface area contributed by atoms with Gasteiger partial charge in [0.25, 0.3) is 0 Å². The lowest BCUT2D eigenvalue weighted by molar-refractivity contribution is -0.143. The first-order valence-electron chi connectivity index (χ1n) is 17.0. The molecule has 3 atom stereocenters. The summed E-state index contributed by atoms with van der Waals surface area (Å²) in [5, 5.41) is 16.9. The number of aromatic nitrogens is 1. The number of nitrogens with zero attached hydrogens (tertiary/aromatic N) is 2. The van der Waals surface area contributed by atoms with E-state index in [2.05, 4.69) is 20.3 Å². The highest BCUT2D eigenvalue weighted by molar-refractivity contribution is 7.89. The number of amides is 1. The lowest BCUT2D eigenvalue weighted by Gasteiger charge is -2.22. The number of nitrogens with one attached hydrogen (secondary N) is 3. The first kappa shape index (κ1) is 38.9. The van der Waals surface area contributed by atoms with Crippen LogP contribution in [-0.4, -0.2) is 86.0 Å². The number of carbonyl (C=O) groups is 3. The molecule has 3 aromatic carbocycles. The highest BCUT2D eigenvalue weighted by Crippen LogP contribution is 2.24. The van der Waals surface area contributed by atoms with Crippen LogP contribution in [-0.2, 0) is 40.5 Å². The number of carboxylic acid groups (broad SMARTS) is 1. The van der Waals surface area contributed by atoms with E-state index in [0.29, 0.717) is 29.9 Å². The second-order valence-electron chi connectivity index (χ2n) is 12.8. The summed E-state index contributed by atoms with van der Waals surface area (Å²) in [5.74, 6) is -1.51. The van der Waals surface area contributed by atoms with Crippen molar-refractivity contribution in [3.63, 3.8) is 0 Å². The number of carbonyl (C=O) groups excluding carboxylic acids is 2. The summed E-state index contributed by atoms with van der Waals surface area (Å²) in [7, 11) is -4.22. The van der Waals surface area contributed by atoms with Crippen LogP contribution in [0.5, 0.6) is 0 Å². The molecule has 2 heterocycles. The Bertz CT molecular complexity index is 1960. The Morgan fingerprint density at radius 1 is 0.943 bits per heavy atom. The van der Waals surface area contributed by atoms with E-state index >= 15 is 0 Å². The van der Waals surface area contributed by atoms with Crippen molar-refractivity contribution in [1.82, 2.24) is 20.1 Å². The highest BCUT2D eigenvalue weighted by atomic mass is 32.2. The first-order chi connectivity index (χ1) is 25.4. The van der Waals surface area contributed by atoms with Gasteiger partial charge in [-0.2, -0.15) is 4.72 Å². The van der Waals surface area contributed by atoms with Crippen LogP contribution in [0, 0.1) is 20.8 Å². The summed E-state index contributed by atoms with van der Waals surface area (Å²) in [4.78, 5) is 47.5. The SMILES string of the molecule is Cc1cc(C)c(S(=O)(=O)NC(CNC(=O)COC2CC(CNc3ccc(-c4ccccc4)cn3)N(OC(=O)OCc3ccccc3)C2)C(=O)O)c(C)c1. The van der Waals surface area contributed by atoms with Crippen molar-refractivity contribution in [3.8, 4) is 11.1 Å². The van der Waals surface area contributed by atoms with Gasteiger partial charge in [-0.25, -0.2) is 18.2 Å². The molecule has 14 nitrogen and oxygen atoms in total. The molecule has 1 aliphatic rings. The highest BCUT2D eigenvalue weighted by Gasteiger charge is 2.36. The Morgan fingerprint density at radius 2 is 1.62 bits per heavy atom. The van der Waals surface area contributed by atoms with Gasteiger partial charge in [-0.3, -0.25) is 9.59 Å². The molecule has 0 spiro atoms. The van der Waals surface area contributed by atoms with Crippen LogP contribution in [0.1, 0.15) is 28.7 Å². The minimum atomic E-state index is -4.22. The quantitative estimate of drug-likeness (QED) is 0.119. The molecular formula is C38H43N5O9S. The smallest absolute Gasteiger partial charge is 0.480 e. The molecular weight excluding hydrogens is 703 g/mol. The van der Waals surface area contributed by atoms with Gasteiger partial charge in [0.1, 0.15) is 25.1 Å². The van der Waals surface area contributed by atoms with Gasteiger partial charge < -0.3 is 30.1 Å². The van der Waals surface area contributed by atoms with Crippen LogP contribution >= 0.6 is 0 Å². The normalized spacial score (nSPS) is 16.4. The molecule has 0 bridgehead atoms. The molecule has 1 fully saturated rings. The van der Waals surface area contributed by atoms with Gasteiger partial charge in [0.2, 0.25) is 15.9 Å². The van der Waals surface area contributed by atoms with E-state index in [1.54, 1.807) is 32.2 Å². The molecule has 0 radical (unpaired) electrons.